The molecule has 0 atom stereocenters. The first kappa shape index (κ1) is 18.8. The van der Waals surface area contributed by atoms with Crippen molar-refractivity contribution in [2.75, 3.05) is 39.5 Å². The summed E-state index contributed by atoms with van der Waals surface area (Å²) in [4.78, 5) is 16.6. The molecule has 26 heavy (non-hydrogen) atoms. The van der Waals surface area contributed by atoms with Gasteiger partial charge in [0.2, 0.25) is 0 Å². The molecule has 3 rings (SSSR count). The lowest BCUT2D eigenvalue weighted by Gasteiger charge is -2.26. The van der Waals surface area contributed by atoms with Crippen LogP contribution in [0.1, 0.15) is 27.0 Å². The number of ketones is 1. The molecule has 0 radical (unpaired) electrons. The van der Waals surface area contributed by atoms with Gasteiger partial charge >= 0.3 is 0 Å². The number of carbonyl (C=O) groups excluding carboxylic acids is 1. The SMILES string of the molecule is CCc1ccc(C(=O)C=Cc2ccc(OCCN3CCOCC3)cc2)s1. The Morgan fingerprint density at radius 1 is 1.19 bits per heavy atom. The van der Waals surface area contributed by atoms with Gasteiger partial charge in [-0.3, -0.25) is 9.69 Å². The summed E-state index contributed by atoms with van der Waals surface area (Å²) in [6, 6.07) is 11.8. The number of allylic oxidation sites excluding steroid dienone is 1. The number of hydrogen-bond acceptors (Lipinski definition) is 5. The molecule has 0 N–H and O–H groups in total. The number of aryl methyl sites for hydroxylation is 1. The molecule has 1 aromatic heterocycles. The molecule has 1 aliphatic heterocycles. The second-order valence-corrected chi connectivity index (χ2v) is 7.36. The van der Waals surface area contributed by atoms with Crippen molar-refractivity contribution < 1.29 is 14.3 Å². The van der Waals surface area contributed by atoms with Crippen molar-refractivity contribution >= 4 is 23.2 Å². The molecule has 138 valence electrons. The number of carbonyl (C=O) groups is 1. The first-order valence-corrected chi connectivity index (χ1v) is 9.90. The summed E-state index contributed by atoms with van der Waals surface area (Å²) in [7, 11) is 0. The molecular formula is C21H25NO3S. The van der Waals surface area contributed by atoms with Crippen LogP contribution in [0.3, 0.4) is 0 Å². The number of hydrogen-bond donors (Lipinski definition) is 0. The number of morpholine rings is 1. The number of benzene rings is 1. The second kappa shape index (κ2) is 9.67. The van der Waals surface area contributed by atoms with E-state index in [4.69, 9.17) is 9.47 Å². The van der Waals surface area contributed by atoms with Crippen LogP contribution in [-0.2, 0) is 11.2 Å². The zero-order valence-corrected chi connectivity index (χ0v) is 16.0. The lowest BCUT2D eigenvalue weighted by molar-refractivity contribution is 0.0322. The van der Waals surface area contributed by atoms with Crippen LogP contribution in [0.25, 0.3) is 6.08 Å². The van der Waals surface area contributed by atoms with Crippen molar-refractivity contribution in [3.05, 3.63) is 57.8 Å². The highest BCUT2D eigenvalue weighted by Gasteiger charge is 2.09. The average Bonchev–Trinajstić information content (AvgIpc) is 3.17. The summed E-state index contributed by atoms with van der Waals surface area (Å²) < 4.78 is 11.1. The van der Waals surface area contributed by atoms with Crippen LogP contribution in [0.2, 0.25) is 0 Å². The van der Waals surface area contributed by atoms with Gasteiger partial charge in [0.05, 0.1) is 18.1 Å². The van der Waals surface area contributed by atoms with E-state index in [1.54, 1.807) is 17.4 Å². The van der Waals surface area contributed by atoms with E-state index in [0.717, 1.165) is 55.5 Å². The van der Waals surface area contributed by atoms with Gasteiger partial charge in [0, 0.05) is 24.5 Å². The topological polar surface area (TPSA) is 38.8 Å². The maximum atomic E-state index is 12.2. The number of rotatable bonds is 8. The minimum Gasteiger partial charge on any atom is -0.492 e. The van der Waals surface area contributed by atoms with Gasteiger partial charge in [-0.25, -0.2) is 0 Å². The monoisotopic (exact) mass is 371 g/mol. The van der Waals surface area contributed by atoms with Gasteiger partial charge < -0.3 is 9.47 Å². The quantitative estimate of drug-likeness (QED) is 0.521. The van der Waals surface area contributed by atoms with Gasteiger partial charge in [-0.15, -0.1) is 11.3 Å². The van der Waals surface area contributed by atoms with E-state index < -0.39 is 0 Å². The van der Waals surface area contributed by atoms with Crippen LogP contribution in [-0.4, -0.2) is 50.1 Å². The Hall–Kier alpha value is -1.95. The Kier molecular flexibility index (Phi) is 7.00. The number of thiophene rings is 1. The molecule has 2 heterocycles. The first-order chi connectivity index (χ1) is 12.7. The van der Waals surface area contributed by atoms with Crippen LogP contribution in [0.5, 0.6) is 5.75 Å². The van der Waals surface area contributed by atoms with E-state index in [2.05, 4.69) is 11.8 Å². The number of ether oxygens (including phenoxy) is 2. The average molecular weight is 372 g/mol. The first-order valence-electron chi connectivity index (χ1n) is 9.08. The largest absolute Gasteiger partial charge is 0.492 e. The molecule has 1 saturated heterocycles. The molecule has 0 aliphatic carbocycles. The summed E-state index contributed by atoms with van der Waals surface area (Å²) in [6.45, 7) is 7.26. The summed E-state index contributed by atoms with van der Waals surface area (Å²) in [5.41, 5.74) is 0.992. The maximum Gasteiger partial charge on any atom is 0.195 e. The van der Waals surface area contributed by atoms with Crippen LogP contribution in [0.4, 0.5) is 0 Å². The molecule has 0 unspecified atom stereocenters. The Bertz CT molecular complexity index is 730. The molecule has 1 aromatic carbocycles. The normalized spacial score (nSPS) is 15.4. The Labute approximate surface area is 159 Å². The van der Waals surface area contributed by atoms with E-state index in [1.165, 1.54) is 4.88 Å². The van der Waals surface area contributed by atoms with E-state index in [-0.39, 0.29) is 5.78 Å². The molecule has 2 aromatic rings. The molecule has 0 amide bonds. The maximum absolute atomic E-state index is 12.2. The summed E-state index contributed by atoms with van der Waals surface area (Å²) in [5, 5.41) is 0. The fourth-order valence-corrected chi connectivity index (χ4v) is 3.61. The highest BCUT2D eigenvalue weighted by Crippen LogP contribution is 2.19. The third-order valence-electron chi connectivity index (χ3n) is 4.34. The zero-order chi connectivity index (χ0) is 18.2. The lowest BCUT2D eigenvalue weighted by atomic mass is 10.2. The third kappa shape index (κ3) is 5.53. The van der Waals surface area contributed by atoms with Crippen LogP contribution in [0.15, 0.2) is 42.5 Å². The standard InChI is InChI=1S/C21H25NO3S/c1-2-19-8-10-21(26-19)20(23)9-5-17-3-6-18(7-4-17)25-16-13-22-11-14-24-15-12-22/h3-10H,2,11-16H2,1H3. The van der Waals surface area contributed by atoms with Gasteiger partial charge in [-0.05, 0) is 42.3 Å². The Morgan fingerprint density at radius 2 is 1.96 bits per heavy atom. The molecule has 0 spiro atoms. The van der Waals surface area contributed by atoms with Gasteiger partial charge in [0.15, 0.2) is 5.78 Å². The van der Waals surface area contributed by atoms with Gasteiger partial charge in [0.25, 0.3) is 0 Å². The molecule has 1 fully saturated rings. The van der Waals surface area contributed by atoms with Crippen LogP contribution in [0, 0.1) is 0 Å². The summed E-state index contributed by atoms with van der Waals surface area (Å²) >= 11 is 1.57. The lowest BCUT2D eigenvalue weighted by Crippen LogP contribution is -2.38. The fourth-order valence-electron chi connectivity index (χ4n) is 2.75. The van der Waals surface area contributed by atoms with Crippen LogP contribution >= 0.6 is 11.3 Å². The molecule has 0 saturated carbocycles. The van der Waals surface area contributed by atoms with E-state index in [9.17, 15) is 4.79 Å². The van der Waals surface area contributed by atoms with Gasteiger partial charge in [-0.2, -0.15) is 0 Å². The molecular weight excluding hydrogens is 346 g/mol. The Balaban J connectivity index is 1.46. The predicted molar refractivity (Wildman–Crippen MR) is 106 cm³/mol. The van der Waals surface area contributed by atoms with Crippen molar-refractivity contribution in [1.29, 1.82) is 0 Å². The van der Waals surface area contributed by atoms with E-state index >= 15 is 0 Å². The van der Waals surface area contributed by atoms with Crippen LogP contribution < -0.4 is 4.74 Å². The minimum atomic E-state index is 0.0561. The Morgan fingerprint density at radius 3 is 2.65 bits per heavy atom. The van der Waals surface area contributed by atoms with Crippen molar-refractivity contribution in [2.24, 2.45) is 0 Å². The third-order valence-corrected chi connectivity index (χ3v) is 5.58. The highest BCUT2D eigenvalue weighted by atomic mass is 32.1. The van der Waals surface area contributed by atoms with Crippen molar-refractivity contribution in [2.45, 2.75) is 13.3 Å². The van der Waals surface area contributed by atoms with E-state index in [1.807, 2.05) is 42.5 Å². The van der Waals surface area contributed by atoms with Crippen molar-refractivity contribution in [1.82, 2.24) is 4.90 Å². The van der Waals surface area contributed by atoms with Gasteiger partial charge in [0.1, 0.15) is 12.4 Å². The molecule has 4 nitrogen and oxygen atoms in total. The van der Waals surface area contributed by atoms with Crippen molar-refractivity contribution in [3.8, 4) is 5.75 Å². The van der Waals surface area contributed by atoms with E-state index in [0.29, 0.717) is 6.61 Å². The summed E-state index contributed by atoms with van der Waals surface area (Å²) in [5.74, 6) is 0.910. The molecule has 0 bridgehead atoms. The predicted octanol–water partition coefficient (Wildman–Crippen LogP) is 3.92. The minimum absolute atomic E-state index is 0.0561. The fraction of sp³-hybridized carbons (Fsp3) is 0.381. The highest BCUT2D eigenvalue weighted by molar-refractivity contribution is 7.14. The zero-order valence-electron chi connectivity index (χ0n) is 15.1. The van der Waals surface area contributed by atoms with Crippen molar-refractivity contribution in [3.63, 3.8) is 0 Å². The summed E-state index contributed by atoms with van der Waals surface area (Å²) in [6.07, 6.45) is 4.46. The molecule has 5 heteroatoms. The van der Waals surface area contributed by atoms with Gasteiger partial charge in [-0.1, -0.05) is 25.1 Å². The smallest absolute Gasteiger partial charge is 0.195 e. The number of nitrogens with zero attached hydrogens (tertiary/aromatic N) is 1. The molecule has 1 aliphatic rings. The second-order valence-electron chi connectivity index (χ2n) is 6.19.